The number of nitrogens with one attached hydrogen (secondary N) is 2. The van der Waals surface area contributed by atoms with Crippen LogP contribution < -0.4 is 10.6 Å². The number of nitrogens with zero attached hydrogens (tertiary/aromatic N) is 3. The highest BCUT2D eigenvalue weighted by Crippen LogP contribution is 2.15. The van der Waals surface area contributed by atoms with E-state index in [1.165, 1.54) is 6.33 Å². The SMILES string of the molecule is O=C1CC(C(=O)Nc2ccc(Cn3cncn3)cc2)CN1. The van der Waals surface area contributed by atoms with Crippen molar-refractivity contribution >= 4 is 17.5 Å². The summed E-state index contributed by atoms with van der Waals surface area (Å²) < 4.78 is 1.73. The Morgan fingerprint density at radius 1 is 1.38 bits per heavy atom. The predicted molar refractivity (Wildman–Crippen MR) is 75.3 cm³/mol. The Kier molecular flexibility index (Phi) is 3.63. The molecule has 0 spiro atoms. The molecule has 1 aliphatic heterocycles. The summed E-state index contributed by atoms with van der Waals surface area (Å²) in [6, 6.07) is 7.54. The molecular weight excluding hydrogens is 270 g/mol. The van der Waals surface area contributed by atoms with Crippen molar-refractivity contribution in [2.45, 2.75) is 13.0 Å². The minimum absolute atomic E-state index is 0.0710. The first kappa shape index (κ1) is 13.3. The summed E-state index contributed by atoms with van der Waals surface area (Å²) in [4.78, 5) is 27.0. The minimum Gasteiger partial charge on any atom is -0.355 e. The van der Waals surface area contributed by atoms with Crippen molar-refractivity contribution < 1.29 is 9.59 Å². The number of benzene rings is 1. The van der Waals surface area contributed by atoms with Gasteiger partial charge in [-0.15, -0.1) is 0 Å². The van der Waals surface area contributed by atoms with Crippen molar-refractivity contribution in [1.82, 2.24) is 20.1 Å². The molecule has 1 aromatic carbocycles. The zero-order valence-corrected chi connectivity index (χ0v) is 11.3. The molecule has 0 bridgehead atoms. The lowest BCUT2D eigenvalue weighted by atomic mass is 10.1. The summed E-state index contributed by atoms with van der Waals surface area (Å²) in [5.74, 6) is -0.483. The molecule has 3 rings (SSSR count). The zero-order valence-electron chi connectivity index (χ0n) is 11.3. The Morgan fingerprint density at radius 3 is 2.81 bits per heavy atom. The van der Waals surface area contributed by atoms with E-state index < -0.39 is 0 Å². The lowest BCUT2D eigenvalue weighted by Crippen LogP contribution is -2.24. The number of hydrogen-bond donors (Lipinski definition) is 2. The Morgan fingerprint density at radius 2 is 2.19 bits per heavy atom. The second-order valence-corrected chi connectivity index (χ2v) is 4.98. The molecule has 0 saturated carbocycles. The van der Waals surface area contributed by atoms with Crippen molar-refractivity contribution in [2.24, 2.45) is 5.92 Å². The van der Waals surface area contributed by atoms with Crippen molar-refractivity contribution in [2.75, 3.05) is 11.9 Å². The molecule has 0 radical (unpaired) electrons. The van der Waals surface area contributed by atoms with Gasteiger partial charge in [0.15, 0.2) is 0 Å². The summed E-state index contributed by atoms with van der Waals surface area (Å²) in [6.07, 6.45) is 3.40. The average molecular weight is 285 g/mol. The highest BCUT2D eigenvalue weighted by atomic mass is 16.2. The van der Waals surface area contributed by atoms with E-state index in [-0.39, 0.29) is 24.2 Å². The van der Waals surface area contributed by atoms with Gasteiger partial charge in [0.25, 0.3) is 0 Å². The maximum atomic E-state index is 12.0. The first-order chi connectivity index (χ1) is 10.2. The van der Waals surface area contributed by atoms with Gasteiger partial charge in [0.1, 0.15) is 12.7 Å². The van der Waals surface area contributed by atoms with Crippen molar-refractivity contribution in [1.29, 1.82) is 0 Å². The zero-order chi connectivity index (χ0) is 14.7. The Hall–Kier alpha value is -2.70. The maximum Gasteiger partial charge on any atom is 0.229 e. The minimum atomic E-state index is -0.285. The first-order valence-electron chi connectivity index (χ1n) is 6.69. The van der Waals surface area contributed by atoms with E-state index in [4.69, 9.17) is 0 Å². The molecule has 1 aliphatic rings. The molecule has 2 heterocycles. The molecule has 1 unspecified atom stereocenters. The number of anilines is 1. The van der Waals surface area contributed by atoms with Gasteiger partial charge in [-0.25, -0.2) is 9.67 Å². The summed E-state index contributed by atoms with van der Waals surface area (Å²) >= 11 is 0. The Labute approximate surface area is 121 Å². The molecule has 7 heteroatoms. The predicted octanol–water partition coefficient (Wildman–Crippen LogP) is 0.401. The molecule has 7 nitrogen and oxygen atoms in total. The molecule has 108 valence electrons. The van der Waals surface area contributed by atoms with Crippen LogP contribution in [0.3, 0.4) is 0 Å². The van der Waals surface area contributed by atoms with Gasteiger partial charge >= 0.3 is 0 Å². The van der Waals surface area contributed by atoms with Crippen LogP contribution in [0.15, 0.2) is 36.9 Å². The molecule has 1 aromatic heterocycles. The normalized spacial score (nSPS) is 17.5. The summed E-state index contributed by atoms with van der Waals surface area (Å²) in [5.41, 5.74) is 1.79. The average Bonchev–Trinajstić information content (AvgIpc) is 3.12. The standard InChI is InChI=1S/C14H15N5O2/c20-13-5-11(6-16-13)14(21)18-12-3-1-10(2-4-12)7-19-9-15-8-17-19/h1-4,8-9,11H,5-7H2,(H,16,20)(H,18,21). The van der Waals surface area contributed by atoms with Gasteiger partial charge < -0.3 is 10.6 Å². The van der Waals surface area contributed by atoms with Crippen molar-refractivity contribution in [3.8, 4) is 0 Å². The van der Waals surface area contributed by atoms with Crippen LogP contribution in [-0.4, -0.2) is 33.1 Å². The van der Waals surface area contributed by atoms with E-state index in [1.807, 2.05) is 24.3 Å². The Bertz CT molecular complexity index is 636. The summed E-state index contributed by atoms with van der Waals surface area (Å²) in [5, 5.41) is 9.52. The molecule has 1 fully saturated rings. The van der Waals surface area contributed by atoms with E-state index in [0.29, 0.717) is 13.1 Å². The number of carbonyl (C=O) groups is 2. The van der Waals surface area contributed by atoms with E-state index in [0.717, 1.165) is 11.3 Å². The van der Waals surface area contributed by atoms with Crippen LogP contribution >= 0.6 is 0 Å². The highest BCUT2D eigenvalue weighted by molar-refractivity contribution is 5.97. The summed E-state index contributed by atoms with van der Waals surface area (Å²) in [7, 11) is 0. The number of aromatic nitrogens is 3. The smallest absolute Gasteiger partial charge is 0.229 e. The van der Waals surface area contributed by atoms with Gasteiger partial charge in [-0.3, -0.25) is 9.59 Å². The number of amides is 2. The molecule has 21 heavy (non-hydrogen) atoms. The first-order valence-corrected chi connectivity index (χ1v) is 6.69. The molecular formula is C14H15N5O2. The van der Waals surface area contributed by atoms with Gasteiger partial charge in [0.05, 0.1) is 12.5 Å². The highest BCUT2D eigenvalue weighted by Gasteiger charge is 2.27. The second-order valence-electron chi connectivity index (χ2n) is 4.98. The lowest BCUT2D eigenvalue weighted by molar-refractivity contribution is -0.123. The fourth-order valence-corrected chi connectivity index (χ4v) is 2.23. The number of rotatable bonds is 4. The van der Waals surface area contributed by atoms with E-state index >= 15 is 0 Å². The van der Waals surface area contributed by atoms with Crippen LogP contribution in [0.25, 0.3) is 0 Å². The van der Waals surface area contributed by atoms with E-state index in [2.05, 4.69) is 20.7 Å². The molecule has 2 aromatic rings. The van der Waals surface area contributed by atoms with E-state index in [1.54, 1.807) is 11.0 Å². The third-order valence-corrected chi connectivity index (χ3v) is 3.38. The lowest BCUT2D eigenvalue weighted by Gasteiger charge is -2.09. The van der Waals surface area contributed by atoms with Crippen LogP contribution in [-0.2, 0) is 16.1 Å². The van der Waals surface area contributed by atoms with Gasteiger partial charge in [0.2, 0.25) is 11.8 Å². The maximum absolute atomic E-state index is 12.0. The summed E-state index contributed by atoms with van der Waals surface area (Å²) in [6.45, 7) is 1.05. The van der Waals surface area contributed by atoms with Crippen molar-refractivity contribution in [3.05, 3.63) is 42.5 Å². The van der Waals surface area contributed by atoms with Gasteiger partial charge in [0, 0.05) is 18.7 Å². The Balaban J connectivity index is 1.59. The molecule has 2 amide bonds. The number of carbonyl (C=O) groups excluding carboxylic acids is 2. The van der Waals surface area contributed by atoms with Crippen LogP contribution in [0.5, 0.6) is 0 Å². The quantitative estimate of drug-likeness (QED) is 0.851. The van der Waals surface area contributed by atoms with Crippen LogP contribution in [0.1, 0.15) is 12.0 Å². The van der Waals surface area contributed by atoms with Gasteiger partial charge in [-0.1, -0.05) is 12.1 Å². The molecule has 0 aliphatic carbocycles. The fraction of sp³-hybridized carbons (Fsp3) is 0.286. The van der Waals surface area contributed by atoms with Crippen LogP contribution in [0, 0.1) is 5.92 Å². The van der Waals surface area contributed by atoms with Gasteiger partial charge in [-0.05, 0) is 17.7 Å². The molecule has 1 saturated heterocycles. The van der Waals surface area contributed by atoms with Gasteiger partial charge in [-0.2, -0.15) is 5.10 Å². The van der Waals surface area contributed by atoms with Crippen LogP contribution in [0.4, 0.5) is 5.69 Å². The topological polar surface area (TPSA) is 88.9 Å². The second kappa shape index (κ2) is 5.74. The third kappa shape index (κ3) is 3.25. The van der Waals surface area contributed by atoms with E-state index in [9.17, 15) is 9.59 Å². The third-order valence-electron chi connectivity index (χ3n) is 3.38. The number of hydrogen-bond acceptors (Lipinski definition) is 4. The fourth-order valence-electron chi connectivity index (χ4n) is 2.23. The van der Waals surface area contributed by atoms with Crippen LogP contribution in [0.2, 0.25) is 0 Å². The van der Waals surface area contributed by atoms with Crippen molar-refractivity contribution in [3.63, 3.8) is 0 Å². The molecule has 1 atom stereocenters. The monoisotopic (exact) mass is 285 g/mol. The largest absolute Gasteiger partial charge is 0.355 e. The molecule has 2 N–H and O–H groups in total.